The monoisotopic (exact) mass is 283 g/mol. The summed E-state index contributed by atoms with van der Waals surface area (Å²) in [6.45, 7) is 6.25. The van der Waals surface area contributed by atoms with Crippen molar-refractivity contribution in [1.29, 1.82) is 0 Å². The molecule has 1 aromatic heterocycles. The topological polar surface area (TPSA) is 37.8 Å². The van der Waals surface area contributed by atoms with Gasteiger partial charge >= 0.3 is 0 Å². The highest BCUT2D eigenvalue weighted by Gasteiger charge is 2.12. The first-order valence-corrected chi connectivity index (χ1v) is 7.83. The minimum absolute atomic E-state index is 0.277. The molecule has 2 aromatic rings. The largest absolute Gasteiger partial charge is 0.347 e. The molecule has 3 nitrogen and oxygen atoms in total. The molecule has 0 aliphatic heterocycles. The highest BCUT2D eigenvalue weighted by molar-refractivity contribution is 5.33. The van der Waals surface area contributed by atoms with E-state index in [0.717, 1.165) is 23.8 Å². The Morgan fingerprint density at radius 1 is 1.00 bits per heavy atom. The van der Waals surface area contributed by atoms with Crippen molar-refractivity contribution >= 4 is 5.95 Å². The second-order valence-electron chi connectivity index (χ2n) is 5.58. The molecule has 0 fully saturated rings. The zero-order chi connectivity index (χ0) is 15.1. The molecule has 0 radical (unpaired) electrons. The Kier molecular flexibility index (Phi) is 5.73. The number of unbranched alkanes of at least 4 members (excludes halogenated alkanes) is 2. The van der Waals surface area contributed by atoms with E-state index in [1.165, 1.54) is 24.8 Å². The maximum absolute atomic E-state index is 4.51. The molecule has 0 bridgehead atoms. The summed E-state index contributed by atoms with van der Waals surface area (Å²) in [5, 5.41) is 3.51. The van der Waals surface area contributed by atoms with E-state index in [-0.39, 0.29) is 6.04 Å². The molecule has 3 heteroatoms. The van der Waals surface area contributed by atoms with Gasteiger partial charge in [0.2, 0.25) is 5.95 Å². The van der Waals surface area contributed by atoms with Crippen LogP contribution in [0.25, 0.3) is 0 Å². The van der Waals surface area contributed by atoms with Crippen LogP contribution in [0.4, 0.5) is 5.95 Å². The molecule has 0 amide bonds. The molecule has 0 aliphatic rings. The normalized spacial score (nSPS) is 12.1. The van der Waals surface area contributed by atoms with Gasteiger partial charge in [0.05, 0.1) is 6.04 Å². The molecule has 112 valence electrons. The maximum atomic E-state index is 4.51. The molecule has 0 saturated heterocycles. The zero-order valence-corrected chi connectivity index (χ0v) is 13.3. The van der Waals surface area contributed by atoms with Crippen LogP contribution in [0.15, 0.2) is 36.4 Å². The molecular formula is C18H25N3. The van der Waals surface area contributed by atoms with Gasteiger partial charge in [0, 0.05) is 11.4 Å². The standard InChI is InChI=1S/C18H25N3/c1-4-5-7-12-17(16-10-8-6-9-11-16)21-18-19-14(2)13-15(3)20-18/h6,8-11,13,17H,4-5,7,12H2,1-3H3,(H,19,20,21). The van der Waals surface area contributed by atoms with E-state index in [1.807, 2.05) is 19.9 Å². The number of hydrogen-bond donors (Lipinski definition) is 1. The molecule has 0 aliphatic carbocycles. The first-order chi connectivity index (χ1) is 10.2. The fraction of sp³-hybridized carbons (Fsp3) is 0.444. The molecule has 0 spiro atoms. The van der Waals surface area contributed by atoms with Crippen LogP contribution in [-0.4, -0.2) is 9.97 Å². The lowest BCUT2D eigenvalue weighted by molar-refractivity contribution is 0.602. The molecule has 0 saturated carbocycles. The van der Waals surface area contributed by atoms with E-state index in [9.17, 15) is 0 Å². The average molecular weight is 283 g/mol. The second-order valence-corrected chi connectivity index (χ2v) is 5.58. The predicted octanol–water partition coefficient (Wildman–Crippen LogP) is 4.83. The van der Waals surface area contributed by atoms with Crippen LogP contribution >= 0.6 is 0 Å². The van der Waals surface area contributed by atoms with Crippen LogP contribution in [-0.2, 0) is 0 Å². The summed E-state index contributed by atoms with van der Waals surface area (Å²) in [5.74, 6) is 0.734. The average Bonchev–Trinajstić information content (AvgIpc) is 2.46. The van der Waals surface area contributed by atoms with Crippen LogP contribution in [0.1, 0.15) is 55.6 Å². The van der Waals surface area contributed by atoms with Crippen molar-refractivity contribution in [3.05, 3.63) is 53.3 Å². The quantitative estimate of drug-likeness (QED) is 0.740. The third-order valence-corrected chi connectivity index (χ3v) is 3.58. The highest BCUT2D eigenvalue weighted by atomic mass is 15.1. The van der Waals surface area contributed by atoms with Crippen LogP contribution in [0, 0.1) is 13.8 Å². The van der Waals surface area contributed by atoms with E-state index >= 15 is 0 Å². The number of rotatable bonds is 7. The Labute approximate surface area is 127 Å². The molecular weight excluding hydrogens is 258 g/mol. The van der Waals surface area contributed by atoms with E-state index in [0.29, 0.717) is 0 Å². The summed E-state index contributed by atoms with van der Waals surface area (Å²) in [7, 11) is 0. The van der Waals surface area contributed by atoms with Crippen molar-refractivity contribution in [2.45, 2.75) is 52.5 Å². The fourth-order valence-corrected chi connectivity index (χ4v) is 2.55. The van der Waals surface area contributed by atoms with Gasteiger partial charge in [0.15, 0.2) is 0 Å². The maximum Gasteiger partial charge on any atom is 0.223 e. The molecule has 1 atom stereocenters. The molecule has 1 heterocycles. The summed E-state index contributed by atoms with van der Waals surface area (Å²) in [4.78, 5) is 9.01. The molecule has 1 unspecified atom stereocenters. The Balaban J connectivity index is 2.15. The van der Waals surface area contributed by atoms with Gasteiger partial charge in [0.25, 0.3) is 0 Å². The van der Waals surface area contributed by atoms with E-state index in [2.05, 4.69) is 52.5 Å². The van der Waals surface area contributed by atoms with Crippen LogP contribution in [0.3, 0.4) is 0 Å². The number of nitrogens with one attached hydrogen (secondary N) is 1. The van der Waals surface area contributed by atoms with Gasteiger partial charge in [-0.25, -0.2) is 9.97 Å². The van der Waals surface area contributed by atoms with Crippen LogP contribution < -0.4 is 5.32 Å². The van der Waals surface area contributed by atoms with Crippen molar-refractivity contribution in [2.75, 3.05) is 5.32 Å². The fourth-order valence-electron chi connectivity index (χ4n) is 2.55. The van der Waals surface area contributed by atoms with Gasteiger partial charge in [-0.1, -0.05) is 56.5 Å². The van der Waals surface area contributed by atoms with Crippen molar-refractivity contribution < 1.29 is 0 Å². The summed E-state index contributed by atoms with van der Waals surface area (Å²) in [6, 6.07) is 12.9. The lowest BCUT2D eigenvalue weighted by atomic mass is 10.0. The van der Waals surface area contributed by atoms with Gasteiger partial charge in [0.1, 0.15) is 0 Å². The number of benzene rings is 1. The smallest absolute Gasteiger partial charge is 0.223 e. The number of nitrogens with zero attached hydrogens (tertiary/aromatic N) is 2. The lowest BCUT2D eigenvalue weighted by Crippen LogP contribution is -2.13. The minimum Gasteiger partial charge on any atom is -0.347 e. The van der Waals surface area contributed by atoms with Gasteiger partial charge in [-0.3, -0.25) is 0 Å². The third kappa shape index (κ3) is 4.85. The van der Waals surface area contributed by atoms with Crippen molar-refractivity contribution in [1.82, 2.24) is 9.97 Å². The third-order valence-electron chi connectivity index (χ3n) is 3.58. The number of aromatic nitrogens is 2. The summed E-state index contributed by atoms with van der Waals surface area (Å²) >= 11 is 0. The summed E-state index contributed by atoms with van der Waals surface area (Å²) in [5.41, 5.74) is 3.31. The van der Waals surface area contributed by atoms with Gasteiger partial charge in [-0.15, -0.1) is 0 Å². The Morgan fingerprint density at radius 3 is 2.29 bits per heavy atom. The molecule has 1 N–H and O–H groups in total. The lowest BCUT2D eigenvalue weighted by Gasteiger charge is -2.19. The van der Waals surface area contributed by atoms with Crippen LogP contribution in [0.5, 0.6) is 0 Å². The number of hydrogen-bond acceptors (Lipinski definition) is 3. The second kappa shape index (κ2) is 7.77. The minimum atomic E-state index is 0.277. The van der Waals surface area contributed by atoms with Crippen molar-refractivity contribution in [3.63, 3.8) is 0 Å². The van der Waals surface area contributed by atoms with Gasteiger partial charge < -0.3 is 5.32 Å². The van der Waals surface area contributed by atoms with Crippen molar-refractivity contribution in [3.8, 4) is 0 Å². The Hall–Kier alpha value is -1.90. The number of anilines is 1. The van der Waals surface area contributed by atoms with Gasteiger partial charge in [-0.2, -0.15) is 0 Å². The first kappa shape index (κ1) is 15.5. The SMILES string of the molecule is CCCCCC(Nc1nc(C)cc(C)n1)c1ccccc1. The Morgan fingerprint density at radius 2 is 1.67 bits per heavy atom. The Bertz CT molecular complexity index is 531. The van der Waals surface area contributed by atoms with Crippen molar-refractivity contribution in [2.24, 2.45) is 0 Å². The van der Waals surface area contributed by atoms with Gasteiger partial charge in [-0.05, 0) is 31.9 Å². The summed E-state index contributed by atoms with van der Waals surface area (Å²) in [6.07, 6.45) is 4.82. The number of aryl methyl sites for hydroxylation is 2. The van der Waals surface area contributed by atoms with E-state index in [1.54, 1.807) is 0 Å². The first-order valence-electron chi connectivity index (χ1n) is 7.83. The summed E-state index contributed by atoms with van der Waals surface area (Å²) < 4.78 is 0. The van der Waals surface area contributed by atoms with E-state index < -0.39 is 0 Å². The molecule has 2 rings (SSSR count). The molecule has 21 heavy (non-hydrogen) atoms. The highest BCUT2D eigenvalue weighted by Crippen LogP contribution is 2.23. The van der Waals surface area contributed by atoms with Crippen LogP contribution in [0.2, 0.25) is 0 Å². The zero-order valence-electron chi connectivity index (χ0n) is 13.3. The van der Waals surface area contributed by atoms with E-state index in [4.69, 9.17) is 0 Å². The molecule has 1 aromatic carbocycles. The predicted molar refractivity (Wildman–Crippen MR) is 88.5 cm³/mol.